The molecule has 1 unspecified atom stereocenters. The Labute approximate surface area is 166 Å². The van der Waals surface area contributed by atoms with Gasteiger partial charge in [0.15, 0.2) is 6.10 Å². The molecule has 2 aromatic rings. The first-order valence-electron chi connectivity index (χ1n) is 9.44. The van der Waals surface area contributed by atoms with E-state index in [4.69, 9.17) is 9.47 Å². The summed E-state index contributed by atoms with van der Waals surface area (Å²) in [5.41, 5.74) is 5.49. The van der Waals surface area contributed by atoms with Gasteiger partial charge < -0.3 is 9.47 Å². The molecule has 0 N–H and O–H groups in total. The van der Waals surface area contributed by atoms with Crippen LogP contribution in [0, 0.1) is 13.8 Å². The molecule has 1 aliphatic carbocycles. The summed E-state index contributed by atoms with van der Waals surface area (Å²) in [6.07, 6.45) is 2.41. The number of fused-ring (bicyclic) bond motifs is 1. The van der Waals surface area contributed by atoms with Crippen LogP contribution in [0.5, 0.6) is 0 Å². The van der Waals surface area contributed by atoms with Crippen molar-refractivity contribution in [3.8, 4) is 0 Å². The number of thiophene rings is 1. The molecule has 4 heteroatoms. The Kier molecular flexibility index (Phi) is 5.59. The zero-order valence-electron chi connectivity index (χ0n) is 17.0. The average Bonchev–Trinajstić information content (AvgIpc) is 3.11. The molecule has 0 saturated carbocycles. The lowest BCUT2D eigenvalue weighted by molar-refractivity contribution is -0.166. The Bertz CT molecular complexity index is 884. The summed E-state index contributed by atoms with van der Waals surface area (Å²) in [6, 6.07) is 8.45. The van der Waals surface area contributed by atoms with Crippen molar-refractivity contribution in [1.29, 1.82) is 0 Å². The lowest BCUT2D eigenvalue weighted by Gasteiger charge is -2.27. The summed E-state index contributed by atoms with van der Waals surface area (Å²) >= 11 is 1.72. The highest BCUT2D eigenvalue weighted by atomic mass is 32.1. The van der Waals surface area contributed by atoms with E-state index in [1.54, 1.807) is 11.3 Å². The monoisotopic (exact) mass is 384 g/mol. The van der Waals surface area contributed by atoms with E-state index in [-0.39, 0.29) is 5.97 Å². The molecule has 0 spiro atoms. The van der Waals surface area contributed by atoms with Gasteiger partial charge in [0.1, 0.15) is 0 Å². The smallest absolute Gasteiger partial charge is 0.340 e. The summed E-state index contributed by atoms with van der Waals surface area (Å²) < 4.78 is 11.6. The molecule has 1 aromatic heterocycles. The van der Waals surface area contributed by atoms with Gasteiger partial charge in [0.05, 0.1) is 12.2 Å². The van der Waals surface area contributed by atoms with Crippen LogP contribution in [0.15, 0.2) is 24.3 Å². The molecule has 0 saturated heterocycles. The van der Waals surface area contributed by atoms with Crippen LogP contribution in [0.3, 0.4) is 0 Å². The first-order chi connectivity index (χ1) is 12.7. The van der Waals surface area contributed by atoms with Gasteiger partial charge in [-0.15, -0.1) is 11.3 Å². The summed E-state index contributed by atoms with van der Waals surface area (Å²) in [5.74, 6) is -0.314. The van der Waals surface area contributed by atoms with E-state index in [0.717, 1.165) is 22.4 Å². The average molecular weight is 385 g/mol. The van der Waals surface area contributed by atoms with E-state index >= 15 is 0 Å². The number of rotatable bonds is 5. The van der Waals surface area contributed by atoms with E-state index in [2.05, 4.69) is 44.2 Å². The fourth-order valence-corrected chi connectivity index (χ4v) is 4.77. The van der Waals surface area contributed by atoms with Crippen molar-refractivity contribution in [2.75, 3.05) is 6.61 Å². The molecule has 1 aromatic carbocycles. The molecule has 0 fully saturated rings. The molecule has 144 valence electrons. The Balaban J connectivity index is 2.09. The van der Waals surface area contributed by atoms with Gasteiger partial charge in [0.2, 0.25) is 0 Å². The van der Waals surface area contributed by atoms with Crippen molar-refractivity contribution in [1.82, 2.24) is 0 Å². The van der Waals surface area contributed by atoms with Crippen LogP contribution in [0.2, 0.25) is 0 Å². The minimum absolute atomic E-state index is 0.314. The standard InChI is InChI=1S/C23H28O3S/c1-7-25-22(24)21(26-23(4,5)6)20-15(3)27-14(2)19(20)18-12-16-10-8-9-11-17(16)13-18/h8-12,21H,7,13H2,1-6H3. The molecule has 0 bridgehead atoms. The molecule has 3 rings (SSSR count). The maximum absolute atomic E-state index is 12.8. The molecule has 1 aliphatic rings. The Morgan fingerprint density at radius 2 is 1.89 bits per heavy atom. The van der Waals surface area contributed by atoms with Crippen LogP contribution in [0.1, 0.15) is 65.8 Å². The van der Waals surface area contributed by atoms with Gasteiger partial charge in [-0.1, -0.05) is 30.3 Å². The number of hydrogen-bond acceptors (Lipinski definition) is 4. The first-order valence-corrected chi connectivity index (χ1v) is 10.3. The third kappa shape index (κ3) is 4.17. The van der Waals surface area contributed by atoms with Crippen LogP contribution < -0.4 is 0 Å². The fraction of sp³-hybridized carbons (Fsp3) is 0.435. The third-order valence-corrected chi connectivity index (χ3v) is 5.66. The molecular weight excluding hydrogens is 356 g/mol. The molecular formula is C23H28O3S. The Morgan fingerprint density at radius 1 is 1.19 bits per heavy atom. The van der Waals surface area contributed by atoms with Crippen molar-refractivity contribution >= 4 is 29.0 Å². The zero-order valence-corrected chi connectivity index (χ0v) is 17.8. The van der Waals surface area contributed by atoms with Crippen molar-refractivity contribution in [2.24, 2.45) is 0 Å². The molecule has 0 amide bonds. The third-order valence-electron chi connectivity index (χ3n) is 4.63. The molecule has 3 nitrogen and oxygen atoms in total. The second-order valence-electron chi connectivity index (χ2n) is 7.91. The number of hydrogen-bond donors (Lipinski definition) is 0. The molecule has 0 radical (unpaired) electrons. The minimum Gasteiger partial charge on any atom is -0.464 e. The maximum Gasteiger partial charge on any atom is 0.340 e. The first kappa shape index (κ1) is 19.8. The number of carbonyl (C=O) groups excluding carboxylic acids is 1. The summed E-state index contributed by atoms with van der Waals surface area (Å²) in [4.78, 5) is 15.1. The van der Waals surface area contributed by atoms with Gasteiger partial charge in [-0.3, -0.25) is 0 Å². The lowest BCUT2D eigenvalue weighted by atomic mass is 9.95. The number of aryl methyl sites for hydroxylation is 2. The quantitative estimate of drug-likeness (QED) is 0.604. The van der Waals surface area contributed by atoms with Gasteiger partial charge in [-0.25, -0.2) is 4.79 Å². The van der Waals surface area contributed by atoms with E-state index in [1.165, 1.54) is 21.6 Å². The Hall–Kier alpha value is -1.91. The molecule has 1 heterocycles. The number of benzene rings is 1. The second kappa shape index (κ2) is 7.61. The normalized spacial score (nSPS) is 14.7. The molecule has 27 heavy (non-hydrogen) atoms. The van der Waals surface area contributed by atoms with Crippen LogP contribution in [-0.4, -0.2) is 18.2 Å². The Morgan fingerprint density at radius 3 is 2.52 bits per heavy atom. The van der Waals surface area contributed by atoms with Crippen molar-refractivity contribution in [2.45, 2.75) is 59.7 Å². The summed E-state index contributed by atoms with van der Waals surface area (Å²) in [7, 11) is 0. The minimum atomic E-state index is -0.713. The molecule has 1 atom stereocenters. The van der Waals surface area contributed by atoms with Crippen molar-refractivity contribution in [3.63, 3.8) is 0 Å². The van der Waals surface area contributed by atoms with E-state index < -0.39 is 11.7 Å². The highest BCUT2D eigenvalue weighted by Gasteiger charge is 2.34. The van der Waals surface area contributed by atoms with Gasteiger partial charge in [-0.2, -0.15) is 0 Å². The highest BCUT2D eigenvalue weighted by molar-refractivity contribution is 7.12. The van der Waals surface area contributed by atoms with Gasteiger partial charge in [-0.05, 0) is 70.2 Å². The predicted molar refractivity (Wildman–Crippen MR) is 112 cm³/mol. The van der Waals surface area contributed by atoms with Gasteiger partial charge >= 0.3 is 5.97 Å². The van der Waals surface area contributed by atoms with Crippen LogP contribution in [0.4, 0.5) is 0 Å². The van der Waals surface area contributed by atoms with Crippen molar-refractivity contribution in [3.05, 3.63) is 56.3 Å². The lowest BCUT2D eigenvalue weighted by Crippen LogP contribution is -2.29. The van der Waals surface area contributed by atoms with E-state index in [1.807, 2.05) is 27.7 Å². The summed E-state index contributed by atoms with van der Waals surface area (Å²) in [6.45, 7) is 12.3. The highest BCUT2D eigenvalue weighted by Crippen LogP contribution is 2.43. The van der Waals surface area contributed by atoms with Gasteiger partial charge in [0.25, 0.3) is 0 Å². The number of carbonyl (C=O) groups is 1. The molecule has 0 aliphatic heterocycles. The van der Waals surface area contributed by atoms with Gasteiger partial charge in [0, 0.05) is 15.3 Å². The summed E-state index contributed by atoms with van der Waals surface area (Å²) in [5, 5.41) is 0. The van der Waals surface area contributed by atoms with E-state index in [9.17, 15) is 4.79 Å². The number of allylic oxidation sites excluding steroid dienone is 1. The van der Waals surface area contributed by atoms with E-state index in [0.29, 0.717) is 6.61 Å². The van der Waals surface area contributed by atoms with Crippen molar-refractivity contribution < 1.29 is 14.3 Å². The second-order valence-corrected chi connectivity index (χ2v) is 9.34. The number of esters is 1. The van der Waals surface area contributed by atoms with Crippen LogP contribution in [-0.2, 0) is 20.7 Å². The topological polar surface area (TPSA) is 35.5 Å². The largest absolute Gasteiger partial charge is 0.464 e. The number of ether oxygens (including phenoxy) is 2. The maximum atomic E-state index is 12.8. The van der Waals surface area contributed by atoms with Crippen LogP contribution in [0.25, 0.3) is 11.6 Å². The van der Waals surface area contributed by atoms with Crippen LogP contribution >= 0.6 is 11.3 Å². The SMILES string of the molecule is CCOC(=O)C(OC(C)(C)C)c1c(C)sc(C)c1C1=Cc2ccccc2C1. The fourth-order valence-electron chi connectivity index (χ4n) is 3.65. The zero-order chi connectivity index (χ0) is 19.8. The predicted octanol–water partition coefficient (Wildman–Crippen LogP) is 5.88.